The maximum Gasteiger partial charge on any atom is 0.416 e. The lowest BCUT2D eigenvalue weighted by Crippen LogP contribution is -2.15. The monoisotopic (exact) mass is 299 g/mol. The van der Waals surface area contributed by atoms with Gasteiger partial charge in [-0.2, -0.15) is 18.2 Å². The molecular weight excluding hydrogens is 287 g/mol. The predicted molar refractivity (Wildman–Crippen MR) is 66.1 cm³/mol. The van der Waals surface area contributed by atoms with E-state index in [4.69, 9.17) is 4.52 Å². The summed E-state index contributed by atoms with van der Waals surface area (Å²) in [5, 5.41) is 16.1. The zero-order valence-electron chi connectivity index (χ0n) is 10.8. The van der Waals surface area contributed by atoms with Gasteiger partial charge in [0.15, 0.2) is 0 Å². The Balaban J connectivity index is 1.86. The molecule has 1 aliphatic rings. The van der Waals surface area contributed by atoms with Crippen LogP contribution in [0.3, 0.4) is 0 Å². The Morgan fingerprint density at radius 3 is 2.81 bits per heavy atom. The summed E-state index contributed by atoms with van der Waals surface area (Å²) in [5.41, 5.74) is -0.529. The number of nitrogens with zero attached hydrogens (tertiary/aromatic N) is 2. The third kappa shape index (κ3) is 2.91. The number of hydrogen-bond donors (Lipinski definition) is 2. The average Bonchev–Trinajstić information content (AvgIpc) is 3.06. The molecule has 1 saturated heterocycles. The highest BCUT2D eigenvalue weighted by atomic mass is 19.4. The van der Waals surface area contributed by atoms with Gasteiger partial charge in [0, 0.05) is 12.1 Å². The van der Waals surface area contributed by atoms with Crippen LogP contribution in [0.1, 0.15) is 23.9 Å². The van der Waals surface area contributed by atoms with Crippen molar-refractivity contribution in [3.8, 4) is 11.4 Å². The number of benzene rings is 1. The van der Waals surface area contributed by atoms with Crippen LogP contribution < -0.4 is 5.32 Å². The third-order valence-corrected chi connectivity index (χ3v) is 3.30. The maximum absolute atomic E-state index is 12.7. The van der Waals surface area contributed by atoms with E-state index in [0.29, 0.717) is 13.0 Å². The van der Waals surface area contributed by atoms with E-state index in [1.54, 1.807) is 0 Å². The van der Waals surface area contributed by atoms with E-state index in [1.165, 1.54) is 12.1 Å². The lowest BCUT2D eigenvalue weighted by molar-refractivity contribution is -0.137. The fraction of sp³-hybridized carbons (Fsp3) is 0.385. The van der Waals surface area contributed by atoms with E-state index < -0.39 is 17.8 Å². The van der Waals surface area contributed by atoms with Crippen LogP contribution in [0.2, 0.25) is 0 Å². The fourth-order valence-corrected chi connectivity index (χ4v) is 2.23. The summed E-state index contributed by atoms with van der Waals surface area (Å²) in [6.45, 7) is 0.423. The zero-order chi connectivity index (χ0) is 15.0. The second kappa shape index (κ2) is 5.12. The topological polar surface area (TPSA) is 71.2 Å². The largest absolute Gasteiger partial charge is 0.416 e. The predicted octanol–water partition coefficient (Wildman–Crippen LogP) is 2.15. The summed E-state index contributed by atoms with van der Waals surface area (Å²) >= 11 is 0. The molecule has 1 aromatic heterocycles. The minimum Gasteiger partial charge on any atom is -0.392 e. The van der Waals surface area contributed by atoms with E-state index in [-0.39, 0.29) is 23.3 Å². The smallest absolute Gasteiger partial charge is 0.392 e. The van der Waals surface area contributed by atoms with Gasteiger partial charge < -0.3 is 14.9 Å². The van der Waals surface area contributed by atoms with Crippen molar-refractivity contribution < 1.29 is 22.8 Å². The second-order valence-electron chi connectivity index (χ2n) is 4.89. The van der Waals surface area contributed by atoms with Crippen molar-refractivity contribution in [2.75, 3.05) is 6.54 Å². The lowest BCUT2D eigenvalue weighted by Gasteiger charge is -2.06. The zero-order valence-corrected chi connectivity index (χ0v) is 10.8. The molecule has 1 aliphatic heterocycles. The SMILES string of the molecule is O[C@@H]1CN[C@H](c2nc(-c3cccc(C(F)(F)F)c3)no2)C1. The van der Waals surface area contributed by atoms with Crippen molar-refractivity contribution in [3.63, 3.8) is 0 Å². The van der Waals surface area contributed by atoms with Gasteiger partial charge >= 0.3 is 6.18 Å². The molecule has 21 heavy (non-hydrogen) atoms. The molecule has 1 fully saturated rings. The number of β-amino-alcohol motifs (C(OH)–C–C–N with tert-alkyl or cyclic N) is 1. The molecule has 5 nitrogen and oxygen atoms in total. The van der Waals surface area contributed by atoms with Crippen LogP contribution in [0.4, 0.5) is 13.2 Å². The van der Waals surface area contributed by atoms with Crippen LogP contribution in [0.25, 0.3) is 11.4 Å². The van der Waals surface area contributed by atoms with E-state index in [0.717, 1.165) is 12.1 Å². The van der Waals surface area contributed by atoms with Gasteiger partial charge in [-0.1, -0.05) is 17.3 Å². The molecule has 0 unspecified atom stereocenters. The number of hydrogen-bond acceptors (Lipinski definition) is 5. The number of halogens is 3. The molecule has 112 valence electrons. The number of aromatic nitrogens is 2. The van der Waals surface area contributed by atoms with Gasteiger partial charge in [0.1, 0.15) is 0 Å². The van der Waals surface area contributed by atoms with Crippen molar-refractivity contribution in [3.05, 3.63) is 35.7 Å². The van der Waals surface area contributed by atoms with Crippen molar-refractivity contribution in [1.29, 1.82) is 0 Å². The van der Waals surface area contributed by atoms with Crippen LogP contribution in [0.5, 0.6) is 0 Å². The Morgan fingerprint density at radius 1 is 1.33 bits per heavy atom. The van der Waals surface area contributed by atoms with Gasteiger partial charge in [0.2, 0.25) is 11.7 Å². The number of aliphatic hydroxyl groups excluding tert-OH is 1. The summed E-state index contributed by atoms with van der Waals surface area (Å²) in [5.74, 6) is 0.359. The minimum atomic E-state index is -4.42. The molecule has 2 heterocycles. The van der Waals surface area contributed by atoms with Crippen molar-refractivity contribution in [2.45, 2.75) is 24.7 Å². The first-order chi connectivity index (χ1) is 9.93. The summed E-state index contributed by atoms with van der Waals surface area (Å²) in [4.78, 5) is 4.10. The summed E-state index contributed by atoms with van der Waals surface area (Å²) in [7, 11) is 0. The summed E-state index contributed by atoms with van der Waals surface area (Å²) < 4.78 is 43.1. The van der Waals surface area contributed by atoms with Gasteiger partial charge in [0.05, 0.1) is 17.7 Å². The molecule has 2 aromatic rings. The van der Waals surface area contributed by atoms with Gasteiger partial charge in [-0.15, -0.1) is 0 Å². The third-order valence-electron chi connectivity index (χ3n) is 3.30. The Hall–Kier alpha value is -1.93. The van der Waals surface area contributed by atoms with Gasteiger partial charge in [-0.05, 0) is 18.6 Å². The Kier molecular flexibility index (Phi) is 3.42. The number of rotatable bonds is 2. The van der Waals surface area contributed by atoms with Gasteiger partial charge in [-0.3, -0.25) is 0 Å². The standard InChI is InChI=1S/C13H12F3N3O2/c14-13(15,16)8-3-1-2-7(4-8)11-18-12(21-19-11)10-5-9(20)6-17-10/h1-4,9-10,17,20H,5-6H2/t9-,10-/m0/s1. The first kappa shape index (κ1) is 14.0. The maximum atomic E-state index is 12.7. The molecule has 2 N–H and O–H groups in total. The molecule has 0 saturated carbocycles. The molecule has 0 bridgehead atoms. The molecule has 0 amide bonds. The minimum absolute atomic E-state index is 0.0966. The molecule has 1 aromatic carbocycles. The Labute approximate surface area is 117 Å². The Morgan fingerprint density at radius 2 is 2.14 bits per heavy atom. The second-order valence-corrected chi connectivity index (χ2v) is 4.89. The van der Waals surface area contributed by atoms with E-state index >= 15 is 0 Å². The number of alkyl halides is 3. The quantitative estimate of drug-likeness (QED) is 0.889. The van der Waals surface area contributed by atoms with Gasteiger partial charge in [-0.25, -0.2) is 0 Å². The first-order valence-corrected chi connectivity index (χ1v) is 6.36. The molecular formula is C13H12F3N3O2. The summed E-state index contributed by atoms with van der Waals surface area (Å²) in [6.07, 6.45) is -4.47. The molecule has 3 rings (SSSR count). The lowest BCUT2D eigenvalue weighted by atomic mass is 10.1. The van der Waals surface area contributed by atoms with Crippen LogP contribution in [-0.4, -0.2) is 27.9 Å². The molecule has 2 atom stereocenters. The van der Waals surface area contributed by atoms with Crippen LogP contribution in [0.15, 0.2) is 28.8 Å². The van der Waals surface area contributed by atoms with Gasteiger partial charge in [0.25, 0.3) is 0 Å². The molecule has 0 aliphatic carbocycles. The van der Waals surface area contributed by atoms with E-state index in [1.807, 2.05) is 0 Å². The van der Waals surface area contributed by atoms with Crippen LogP contribution in [0, 0.1) is 0 Å². The Bertz CT molecular complexity index is 642. The van der Waals surface area contributed by atoms with Crippen LogP contribution >= 0.6 is 0 Å². The van der Waals surface area contributed by atoms with E-state index in [2.05, 4.69) is 15.5 Å². The van der Waals surface area contributed by atoms with Crippen molar-refractivity contribution in [2.24, 2.45) is 0 Å². The number of nitrogens with one attached hydrogen (secondary N) is 1. The highest BCUT2D eigenvalue weighted by Gasteiger charge is 2.31. The molecule has 0 spiro atoms. The average molecular weight is 299 g/mol. The fourth-order valence-electron chi connectivity index (χ4n) is 2.23. The highest BCUT2D eigenvalue weighted by molar-refractivity contribution is 5.55. The first-order valence-electron chi connectivity index (χ1n) is 6.36. The normalized spacial score (nSPS) is 22.7. The van der Waals surface area contributed by atoms with Crippen molar-refractivity contribution in [1.82, 2.24) is 15.5 Å². The molecule has 0 radical (unpaired) electrons. The number of aliphatic hydroxyl groups is 1. The highest BCUT2D eigenvalue weighted by Crippen LogP contribution is 2.32. The van der Waals surface area contributed by atoms with Crippen molar-refractivity contribution >= 4 is 0 Å². The molecule has 8 heteroatoms. The van der Waals surface area contributed by atoms with E-state index in [9.17, 15) is 18.3 Å². The summed E-state index contributed by atoms with van der Waals surface area (Å²) in [6, 6.07) is 4.48. The van der Waals surface area contributed by atoms with Crippen LogP contribution in [-0.2, 0) is 6.18 Å².